The molecule has 2 aromatic carbocycles. The maximum Gasteiger partial charge on any atom is 0.272 e. The Morgan fingerprint density at radius 2 is 1.77 bits per heavy atom. The van der Waals surface area contributed by atoms with Crippen molar-refractivity contribution in [2.75, 3.05) is 7.05 Å². The summed E-state index contributed by atoms with van der Waals surface area (Å²) in [5.41, 5.74) is 3.04. The van der Waals surface area contributed by atoms with Crippen LogP contribution in [0.5, 0.6) is 0 Å². The number of likely N-dealkylation sites (N-methyl/N-ethyl adjacent to an activating group) is 1. The Kier molecular flexibility index (Phi) is 6.43. The second kappa shape index (κ2) is 9.32. The van der Waals surface area contributed by atoms with Crippen molar-refractivity contribution in [2.24, 2.45) is 0 Å². The SMILES string of the molecule is Cc1ccc(C)c(CNC(=O)c2cc3n(n2)CC(C)(C(=O)NCc2ccc(F)cc2)N(C)C3=O)c1. The van der Waals surface area contributed by atoms with Gasteiger partial charge in [0.25, 0.3) is 11.8 Å². The molecule has 3 amide bonds. The van der Waals surface area contributed by atoms with E-state index in [1.54, 1.807) is 26.1 Å². The standard InChI is InChI=1S/C26H28FN5O3/c1-16-5-6-17(2)19(11-16)14-28-23(33)21-12-22-24(34)31(4)26(3,15-32(22)30-21)25(35)29-13-18-7-9-20(27)10-8-18/h5-12H,13-15H2,1-4H3,(H,28,33)(H,29,35). The summed E-state index contributed by atoms with van der Waals surface area (Å²) in [6.07, 6.45) is 0. The molecule has 182 valence electrons. The Bertz CT molecular complexity index is 1300. The Labute approximate surface area is 203 Å². The number of fused-ring (bicyclic) bond motifs is 1. The van der Waals surface area contributed by atoms with Gasteiger partial charge < -0.3 is 15.5 Å². The molecule has 1 aliphatic heterocycles. The summed E-state index contributed by atoms with van der Waals surface area (Å²) in [6.45, 7) is 6.23. The van der Waals surface area contributed by atoms with Crippen molar-refractivity contribution in [1.82, 2.24) is 25.3 Å². The zero-order valence-electron chi connectivity index (χ0n) is 20.2. The van der Waals surface area contributed by atoms with Crippen molar-refractivity contribution in [3.63, 3.8) is 0 Å². The van der Waals surface area contributed by atoms with E-state index < -0.39 is 17.4 Å². The van der Waals surface area contributed by atoms with E-state index in [9.17, 15) is 18.8 Å². The molecule has 1 atom stereocenters. The minimum absolute atomic E-state index is 0.0874. The number of carbonyl (C=O) groups is 3. The average Bonchev–Trinajstić information content (AvgIpc) is 3.26. The number of aromatic nitrogens is 2. The zero-order chi connectivity index (χ0) is 25.3. The fourth-order valence-electron chi connectivity index (χ4n) is 4.07. The minimum Gasteiger partial charge on any atom is -0.350 e. The molecule has 0 saturated carbocycles. The summed E-state index contributed by atoms with van der Waals surface area (Å²) in [4.78, 5) is 40.3. The first-order chi connectivity index (χ1) is 16.6. The predicted molar refractivity (Wildman–Crippen MR) is 128 cm³/mol. The number of hydrogen-bond acceptors (Lipinski definition) is 4. The van der Waals surface area contributed by atoms with Gasteiger partial charge in [0, 0.05) is 26.2 Å². The highest BCUT2D eigenvalue weighted by molar-refractivity contribution is 6.01. The molecule has 2 heterocycles. The molecule has 0 saturated heterocycles. The quantitative estimate of drug-likeness (QED) is 0.571. The fourth-order valence-corrected chi connectivity index (χ4v) is 4.07. The van der Waals surface area contributed by atoms with Crippen LogP contribution in [0, 0.1) is 19.7 Å². The predicted octanol–water partition coefficient (Wildman–Crippen LogP) is 2.73. The summed E-state index contributed by atoms with van der Waals surface area (Å²) in [6, 6.07) is 13.3. The summed E-state index contributed by atoms with van der Waals surface area (Å²) in [5.74, 6) is -1.54. The number of hydrogen-bond donors (Lipinski definition) is 2. The van der Waals surface area contributed by atoms with E-state index in [2.05, 4.69) is 15.7 Å². The lowest BCUT2D eigenvalue weighted by atomic mass is 9.96. The lowest BCUT2D eigenvalue weighted by Gasteiger charge is -2.40. The summed E-state index contributed by atoms with van der Waals surface area (Å²) < 4.78 is 14.5. The lowest BCUT2D eigenvalue weighted by molar-refractivity contribution is -0.132. The van der Waals surface area contributed by atoms with Gasteiger partial charge in [-0.05, 0) is 49.6 Å². The molecule has 0 aliphatic carbocycles. The third kappa shape index (κ3) is 4.80. The van der Waals surface area contributed by atoms with Gasteiger partial charge >= 0.3 is 0 Å². The molecular formula is C26H28FN5O3. The maximum atomic E-state index is 13.1. The smallest absolute Gasteiger partial charge is 0.272 e. The molecule has 1 unspecified atom stereocenters. The Morgan fingerprint density at radius 1 is 1.06 bits per heavy atom. The molecule has 9 heteroatoms. The Balaban J connectivity index is 1.47. The van der Waals surface area contributed by atoms with E-state index in [1.807, 2.05) is 32.0 Å². The molecule has 0 fully saturated rings. The molecule has 0 spiro atoms. The van der Waals surface area contributed by atoms with E-state index in [-0.39, 0.29) is 36.2 Å². The van der Waals surface area contributed by atoms with Crippen LogP contribution in [0.4, 0.5) is 4.39 Å². The van der Waals surface area contributed by atoms with Gasteiger partial charge in [-0.15, -0.1) is 0 Å². The number of carbonyl (C=O) groups excluding carboxylic acids is 3. The normalized spacial score (nSPS) is 17.2. The second-order valence-corrected chi connectivity index (χ2v) is 9.13. The van der Waals surface area contributed by atoms with Crippen LogP contribution in [-0.2, 0) is 24.4 Å². The second-order valence-electron chi connectivity index (χ2n) is 9.13. The van der Waals surface area contributed by atoms with Crippen molar-refractivity contribution in [2.45, 2.75) is 45.9 Å². The molecule has 0 radical (unpaired) electrons. The monoisotopic (exact) mass is 477 g/mol. The molecule has 1 aromatic heterocycles. The minimum atomic E-state index is -1.22. The number of halogens is 1. The van der Waals surface area contributed by atoms with E-state index >= 15 is 0 Å². The number of rotatable bonds is 6. The van der Waals surface area contributed by atoms with Crippen molar-refractivity contribution < 1.29 is 18.8 Å². The highest BCUT2D eigenvalue weighted by Gasteiger charge is 2.46. The summed E-state index contributed by atoms with van der Waals surface area (Å²) in [7, 11) is 1.55. The van der Waals surface area contributed by atoms with Crippen LogP contribution in [-0.4, -0.2) is 45.0 Å². The summed E-state index contributed by atoms with van der Waals surface area (Å²) >= 11 is 0. The van der Waals surface area contributed by atoms with Gasteiger partial charge in [-0.25, -0.2) is 4.39 Å². The number of nitrogens with one attached hydrogen (secondary N) is 2. The maximum absolute atomic E-state index is 13.1. The van der Waals surface area contributed by atoms with Gasteiger partial charge in [0.05, 0.1) is 6.54 Å². The van der Waals surface area contributed by atoms with Crippen molar-refractivity contribution in [3.8, 4) is 0 Å². The Morgan fingerprint density at radius 3 is 2.49 bits per heavy atom. The molecule has 4 rings (SSSR count). The molecule has 35 heavy (non-hydrogen) atoms. The van der Waals surface area contributed by atoms with Crippen LogP contribution in [0.3, 0.4) is 0 Å². The first kappa shape index (κ1) is 24.1. The van der Waals surface area contributed by atoms with Gasteiger partial charge in [-0.1, -0.05) is 35.9 Å². The molecular weight excluding hydrogens is 449 g/mol. The van der Waals surface area contributed by atoms with Gasteiger partial charge in [0.15, 0.2) is 5.69 Å². The van der Waals surface area contributed by atoms with Crippen molar-refractivity contribution in [1.29, 1.82) is 0 Å². The number of nitrogens with zero attached hydrogens (tertiary/aromatic N) is 3. The van der Waals surface area contributed by atoms with Gasteiger partial charge in [0.2, 0.25) is 5.91 Å². The van der Waals surface area contributed by atoms with E-state index in [0.717, 1.165) is 22.3 Å². The van der Waals surface area contributed by atoms with E-state index in [0.29, 0.717) is 6.54 Å². The first-order valence-electron chi connectivity index (χ1n) is 11.3. The number of amides is 3. The third-order valence-corrected chi connectivity index (χ3v) is 6.53. The van der Waals surface area contributed by atoms with Gasteiger partial charge in [0.1, 0.15) is 17.1 Å². The topological polar surface area (TPSA) is 96.3 Å². The van der Waals surface area contributed by atoms with Crippen LogP contribution in [0.15, 0.2) is 48.5 Å². The third-order valence-electron chi connectivity index (χ3n) is 6.53. The molecule has 1 aliphatic rings. The van der Waals surface area contributed by atoms with Crippen molar-refractivity contribution in [3.05, 3.63) is 88.0 Å². The molecule has 0 bridgehead atoms. The molecule has 3 aromatic rings. The number of aryl methyl sites for hydroxylation is 2. The molecule has 8 nitrogen and oxygen atoms in total. The average molecular weight is 478 g/mol. The van der Waals surface area contributed by atoms with Crippen LogP contribution >= 0.6 is 0 Å². The van der Waals surface area contributed by atoms with E-state index in [1.165, 1.54) is 27.8 Å². The summed E-state index contributed by atoms with van der Waals surface area (Å²) in [5, 5.41) is 10.0. The number of benzene rings is 2. The Hall–Kier alpha value is -4.01. The molecule has 2 N–H and O–H groups in total. The lowest BCUT2D eigenvalue weighted by Crippen LogP contribution is -2.62. The van der Waals surface area contributed by atoms with Crippen molar-refractivity contribution >= 4 is 17.7 Å². The highest BCUT2D eigenvalue weighted by atomic mass is 19.1. The largest absolute Gasteiger partial charge is 0.350 e. The first-order valence-corrected chi connectivity index (χ1v) is 11.3. The van der Waals surface area contributed by atoms with E-state index in [4.69, 9.17) is 0 Å². The highest BCUT2D eigenvalue weighted by Crippen LogP contribution is 2.26. The van der Waals surface area contributed by atoms with Gasteiger partial charge in [-0.2, -0.15) is 5.10 Å². The van der Waals surface area contributed by atoms with Crippen LogP contribution in [0.1, 0.15) is 50.2 Å². The van der Waals surface area contributed by atoms with Crippen LogP contribution in [0.25, 0.3) is 0 Å². The zero-order valence-corrected chi connectivity index (χ0v) is 20.2. The fraction of sp³-hybridized carbons (Fsp3) is 0.308. The van der Waals surface area contributed by atoms with Crippen LogP contribution < -0.4 is 10.6 Å². The van der Waals surface area contributed by atoms with Crippen LogP contribution in [0.2, 0.25) is 0 Å². The van der Waals surface area contributed by atoms with Gasteiger partial charge in [-0.3, -0.25) is 19.1 Å².